The Hall–Kier alpha value is -1.46. The zero-order valence-electron chi connectivity index (χ0n) is 18.3. The SMILES string of the molecule is COC(=O)C(C)(CC(C)(C)C#N)ON(C(c1cccs1)C(C)C)C(C)(C)CO. The van der Waals surface area contributed by atoms with Crippen LogP contribution in [0.15, 0.2) is 17.5 Å². The molecule has 0 aromatic carbocycles. The zero-order chi connectivity index (χ0) is 21.8. The number of aliphatic hydroxyl groups excluding tert-OH is 1. The first-order chi connectivity index (χ1) is 12.8. The van der Waals surface area contributed by atoms with E-state index < -0.39 is 22.5 Å². The summed E-state index contributed by atoms with van der Waals surface area (Å²) in [5, 5.41) is 23.3. The number of hydrogen-bond acceptors (Lipinski definition) is 7. The Labute approximate surface area is 173 Å². The number of carbonyl (C=O) groups is 1. The van der Waals surface area contributed by atoms with Crippen LogP contribution in [0.5, 0.6) is 0 Å². The van der Waals surface area contributed by atoms with E-state index in [2.05, 4.69) is 19.9 Å². The largest absolute Gasteiger partial charge is 0.467 e. The van der Waals surface area contributed by atoms with E-state index >= 15 is 0 Å². The lowest BCUT2D eigenvalue weighted by molar-refractivity contribution is -0.313. The molecule has 0 amide bonds. The molecule has 2 atom stereocenters. The van der Waals surface area contributed by atoms with Crippen LogP contribution in [0, 0.1) is 22.7 Å². The van der Waals surface area contributed by atoms with Crippen molar-refractivity contribution in [3.05, 3.63) is 22.4 Å². The average molecular weight is 411 g/mol. The molecule has 0 spiro atoms. The molecule has 0 fully saturated rings. The van der Waals surface area contributed by atoms with E-state index in [1.165, 1.54) is 7.11 Å². The van der Waals surface area contributed by atoms with Gasteiger partial charge in [-0.1, -0.05) is 19.9 Å². The van der Waals surface area contributed by atoms with E-state index in [0.717, 1.165) is 4.88 Å². The molecular weight excluding hydrogens is 376 g/mol. The van der Waals surface area contributed by atoms with Crippen LogP contribution in [0.1, 0.15) is 65.8 Å². The second-order valence-corrected chi connectivity index (χ2v) is 9.97. The van der Waals surface area contributed by atoms with E-state index in [1.807, 2.05) is 31.4 Å². The van der Waals surface area contributed by atoms with E-state index in [-0.39, 0.29) is 25.0 Å². The number of hydroxylamine groups is 2. The second kappa shape index (κ2) is 9.36. The molecule has 0 bridgehead atoms. The van der Waals surface area contributed by atoms with Gasteiger partial charge in [0.2, 0.25) is 0 Å². The summed E-state index contributed by atoms with van der Waals surface area (Å²) >= 11 is 1.60. The molecule has 1 N–H and O–H groups in total. The van der Waals surface area contributed by atoms with E-state index in [0.29, 0.717) is 0 Å². The predicted octanol–water partition coefficient (Wildman–Crippen LogP) is 4.32. The quantitative estimate of drug-likeness (QED) is 0.457. The summed E-state index contributed by atoms with van der Waals surface area (Å²) < 4.78 is 5.02. The number of aliphatic hydroxyl groups is 1. The average Bonchev–Trinajstić information content (AvgIpc) is 3.13. The zero-order valence-corrected chi connectivity index (χ0v) is 19.1. The van der Waals surface area contributed by atoms with Gasteiger partial charge in [0.05, 0.1) is 36.8 Å². The normalized spacial score (nSPS) is 15.9. The third-order valence-electron chi connectivity index (χ3n) is 4.70. The van der Waals surface area contributed by atoms with Gasteiger partial charge in [0.25, 0.3) is 0 Å². The molecule has 1 rings (SSSR count). The number of carbonyl (C=O) groups excluding carboxylic acids is 1. The molecule has 0 saturated carbocycles. The Morgan fingerprint density at radius 2 is 1.93 bits per heavy atom. The fraction of sp³-hybridized carbons (Fsp3) is 0.714. The molecule has 28 heavy (non-hydrogen) atoms. The second-order valence-electron chi connectivity index (χ2n) is 8.99. The number of nitriles is 1. The number of esters is 1. The van der Waals surface area contributed by atoms with Gasteiger partial charge in [0.1, 0.15) is 0 Å². The summed E-state index contributed by atoms with van der Waals surface area (Å²) in [6.45, 7) is 12.9. The van der Waals surface area contributed by atoms with E-state index in [4.69, 9.17) is 9.57 Å². The Bertz CT molecular complexity index is 679. The minimum atomic E-state index is -1.38. The van der Waals surface area contributed by atoms with Gasteiger partial charge in [0, 0.05) is 11.3 Å². The predicted molar refractivity (Wildman–Crippen MR) is 110 cm³/mol. The van der Waals surface area contributed by atoms with Crippen LogP contribution < -0.4 is 0 Å². The maximum Gasteiger partial charge on any atom is 0.340 e. The minimum absolute atomic E-state index is 0.148. The van der Waals surface area contributed by atoms with Crippen LogP contribution in [0.3, 0.4) is 0 Å². The van der Waals surface area contributed by atoms with Crippen molar-refractivity contribution >= 4 is 17.3 Å². The van der Waals surface area contributed by atoms with Crippen LogP contribution in [-0.4, -0.2) is 41.0 Å². The summed E-state index contributed by atoms with van der Waals surface area (Å²) in [6.07, 6.45) is 0.149. The highest BCUT2D eigenvalue weighted by atomic mass is 32.1. The summed E-state index contributed by atoms with van der Waals surface area (Å²) in [4.78, 5) is 20.2. The first-order valence-electron chi connectivity index (χ1n) is 9.46. The number of rotatable bonds is 10. The van der Waals surface area contributed by atoms with Crippen molar-refractivity contribution in [3.63, 3.8) is 0 Å². The lowest BCUT2D eigenvalue weighted by Crippen LogP contribution is -2.56. The smallest absolute Gasteiger partial charge is 0.340 e. The molecule has 7 heteroatoms. The van der Waals surface area contributed by atoms with E-state index in [9.17, 15) is 15.2 Å². The molecule has 2 unspecified atom stereocenters. The van der Waals surface area contributed by atoms with Crippen LogP contribution >= 0.6 is 11.3 Å². The van der Waals surface area contributed by atoms with Crippen molar-refractivity contribution in [2.24, 2.45) is 11.3 Å². The Balaban J connectivity index is 3.47. The third kappa shape index (κ3) is 5.77. The van der Waals surface area contributed by atoms with Crippen molar-refractivity contribution < 1.29 is 19.5 Å². The number of thiophene rings is 1. The van der Waals surface area contributed by atoms with Gasteiger partial charge < -0.3 is 9.84 Å². The van der Waals surface area contributed by atoms with Gasteiger partial charge in [-0.25, -0.2) is 4.79 Å². The minimum Gasteiger partial charge on any atom is -0.467 e. The number of hydrogen-bond donors (Lipinski definition) is 1. The van der Waals surface area contributed by atoms with Gasteiger partial charge in [-0.2, -0.15) is 10.3 Å². The molecule has 0 aliphatic heterocycles. The maximum absolute atomic E-state index is 12.7. The van der Waals surface area contributed by atoms with Crippen LogP contribution in [0.4, 0.5) is 0 Å². The van der Waals surface area contributed by atoms with Gasteiger partial charge in [-0.3, -0.25) is 4.84 Å². The number of ether oxygens (including phenoxy) is 1. The van der Waals surface area contributed by atoms with Crippen LogP contribution in [0.25, 0.3) is 0 Å². The Morgan fingerprint density at radius 3 is 2.32 bits per heavy atom. The molecule has 0 aliphatic rings. The van der Waals surface area contributed by atoms with Gasteiger partial charge >= 0.3 is 5.97 Å². The molecular formula is C21H34N2O4S. The molecule has 1 aromatic rings. The Kier molecular flexibility index (Phi) is 8.21. The monoisotopic (exact) mass is 410 g/mol. The summed E-state index contributed by atoms with van der Waals surface area (Å²) in [6, 6.07) is 6.04. The van der Waals surface area contributed by atoms with Crippen molar-refractivity contribution in [3.8, 4) is 6.07 Å². The first-order valence-corrected chi connectivity index (χ1v) is 10.3. The lowest BCUT2D eigenvalue weighted by atomic mass is 9.82. The molecule has 0 saturated heterocycles. The van der Waals surface area contributed by atoms with Crippen molar-refractivity contribution in [1.82, 2.24) is 5.06 Å². The highest BCUT2D eigenvalue weighted by Crippen LogP contribution is 2.41. The molecule has 1 heterocycles. The van der Waals surface area contributed by atoms with Crippen LogP contribution in [0.2, 0.25) is 0 Å². The van der Waals surface area contributed by atoms with Crippen molar-refractivity contribution in [2.45, 2.75) is 72.1 Å². The molecule has 6 nitrogen and oxygen atoms in total. The fourth-order valence-corrected chi connectivity index (χ4v) is 4.24. The van der Waals surface area contributed by atoms with E-state index in [1.54, 1.807) is 37.2 Å². The number of methoxy groups -OCH3 is 1. The molecule has 1 aromatic heterocycles. The Morgan fingerprint density at radius 1 is 1.32 bits per heavy atom. The topological polar surface area (TPSA) is 82.8 Å². The lowest BCUT2D eigenvalue weighted by Gasteiger charge is -2.47. The molecule has 0 aliphatic carbocycles. The molecule has 0 radical (unpaired) electrons. The van der Waals surface area contributed by atoms with Gasteiger partial charge in [0.15, 0.2) is 5.60 Å². The maximum atomic E-state index is 12.7. The first kappa shape index (κ1) is 24.6. The fourth-order valence-electron chi connectivity index (χ4n) is 3.26. The highest BCUT2D eigenvalue weighted by Gasteiger charge is 2.48. The van der Waals surface area contributed by atoms with Gasteiger partial charge in [-0.15, -0.1) is 11.3 Å². The van der Waals surface area contributed by atoms with Crippen LogP contribution in [-0.2, 0) is 14.4 Å². The van der Waals surface area contributed by atoms with Crippen molar-refractivity contribution in [1.29, 1.82) is 5.26 Å². The highest BCUT2D eigenvalue weighted by molar-refractivity contribution is 7.10. The third-order valence-corrected chi connectivity index (χ3v) is 5.64. The standard InChI is InChI=1S/C21H34N2O4S/c1-15(2)17(16-10-9-11-28-16)23(20(5,6)14-24)27-21(7,18(25)26-8)12-19(3,4)13-22/h9-11,15,17,24H,12,14H2,1-8H3. The summed E-state index contributed by atoms with van der Waals surface area (Å²) in [5.41, 5.74) is -2.95. The van der Waals surface area contributed by atoms with Crippen molar-refractivity contribution in [2.75, 3.05) is 13.7 Å². The summed E-state index contributed by atoms with van der Waals surface area (Å²) in [5.74, 6) is -0.404. The summed E-state index contributed by atoms with van der Waals surface area (Å²) in [7, 11) is 1.31. The van der Waals surface area contributed by atoms with Gasteiger partial charge in [-0.05, 0) is 52.0 Å². The molecule has 158 valence electrons. The number of nitrogens with zero attached hydrogens (tertiary/aromatic N) is 2.